The molecule has 0 saturated heterocycles. The summed E-state index contributed by atoms with van der Waals surface area (Å²) in [5.41, 5.74) is -0.912. The van der Waals surface area contributed by atoms with Crippen LogP contribution in [-0.4, -0.2) is 40.1 Å². The molecule has 1 heterocycles. The van der Waals surface area contributed by atoms with E-state index in [2.05, 4.69) is 4.98 Å². The molecule has 1 aromatic heterocycles. The van der Waals surface area contributed by atoms with Crippen LogP contribution in [-0.2, 0) is 6.18 Å². The van der Waals surface area contributed by atoms with E-state index >= 15 is 0 Å². The van der Waals surface area contributed by atoms with Crippen LogP contribution < -0.4 is 0 Å². The third kappa shape index (κ3) is 3.09. The van der Waals surface area contributed by atoms with E-state index in [-0.39, 0.29) is 30.7 Å². The summed E-state index contributed by atoms with van der Waals surface area (Å²) in [7, 11) is 0. The normalized spacial score (nSPS) is 15.8. The van der Waals surface area contributed by atoms with Gasteiger partial charge in [-0.1, -0.05) is 0 Å². The Morgan fingerprint density at radius 3 is 2.50 bits per heavy atom. The SMILES string of the molecule is O=C(c1ccc(C(F)(F)F)nc1)N(CCO)C1CCC1. The van der Waals surface area contributed by atoms with Crippen molar-refractivity contribution in [2.24, 2.45) is 0 Å². The molecule has 4 nitrogen and oxygen atoms in total. The second kappa shape index (κ2) is 5.78. The molecule has 0 aliphatic heterocycles. The molecule has 7 heteroatoms. The van der Waals surface area contributed by atoms with Gasteiger partial charge < -0.3 is 10.0 Å². The van der Waals surface area contributed by atoms with Crippen molar-refractivity contribution >= 4 is 5.91 Å². The molecule has 110 valence electrons. The lowest BCUT2D eigenvalue weighted by molar-refractivity contribution is -0.141. The second-order valence-corrected chi connectivity index (χ2v) is 4.74. The maximum atomic E-state index is 12.4. The number of aliphatic hydroxyl groups excluding tert-OH is 1. The van der Waals surface area contributed by atoms with Crippen LogP contribution in [0.1, 0.15) is 35.3 Å². The monoisotopic (exact) mass is 288 g/mol. The number of carbonyl (C=O) groups is 1. The molecule has 0 spiro atoms. The maximum absolute atomic E-state index is 12.4. The molecule has 0 atom stereocenters. The summed E-state index contributed by atoms with van der Waals surface area (Å²) in [6.07, 6.45) is -0.834. The molecule has 1 amide bonds. The number of alkyl halides is 3. The summed E-state index contributed by atoms with van der Waals surface area (Å²) in [4.78, 5) is 17.0. The molecule has 1 N–H and O–H groups in total. The van der Waals surface area contributed by atoms with Crippen LogP contribution in [0.2, 0.25) is 0 Å². The lowest BCUT2D eigenvalue weighted by atomic mass is 9.91. The fourth-order valence-corrected chi connectivity index (χ4v) is 2.11. The van der Waals surface area contributed by atoms with Gasteiger partial charge in [0.1, 0.15) is 5.69 Å². The average Bonchev–Trinajstić information content (AvgIpc) is 2.34. The second-order valence-electron chi connectivity index (χ2n) is 4.74. The predicted molar refractivity (Wildman–Crippen MR) is 65.0 cm³/mol. The minimum absolute atomic E-state index is 0.0666. The molecular weight excluding hydrogens is 273 g/mol. The molecule has 0 bridgehead atoms. The number of halogens is 3. The van der Waals surface area contributed by atoms with Crippen LogP contribution in [0.25, 0.3) is 0 Å². The molecule has 0 aromatic carbocycles. The smallest absolute Gasteiger partial charge is 0.395 e. The number of hydrogen-bond donors (Lipinski definition) is 1. The number of pyridine rings is 1. The van der Waals surface area contributed by atoms with E-state index in [1.165, 1.54) is 4.90 Å². The van der Waals surface area contributed by atoms with Gasteiger partial charge in [-0.2, -0.15) is 13.2 Å². The van der Waals surface area contributed by atoms with E-state index in [0.29, 0.717) is 0 Å². The van der Waals surface area contributed by atoms with Gasteiger partial charge in [-0.25, -0.2) is 0 Å². The van der Waals surface area contributed by atoms with E-state index in [1.54, 1.807) is 0 Å². The van der Waals surface area contributed by atoms with Crippen LogP contribution >= 0.6 is 0 Å². The Morgan fingerprint density at radius 2 is 2.10 bits per heavy atom. The van der Waals surface area contributed by atoms with E-state index in [1.807, 2.05) is 0 Å². The van der Waals surface area contributed by atoms with Gasteiger partial charge in [-0.3, -0.25) is 9.78 Å². The molecule has 0 radical (unpaired) electrons. The van der Waals surface area contributed by atoms with Crippen LogP contribution in [0.3, 0.4) is 0 Å². The fourth-order valence-electron chi connectivity index (χ4n) is 2.11. The minimum atomic E-state index is -4.51. The van der Waals surface area contributed by atoms with Gasteiger partial charge >= 0.3 is 6.18 Å². The Balaban J connectivity index is 2.14. The largest absolute Gasteiger partial charge is 0.433 e. The molecule has 1 aliphatic rings. The number of aromatic nitrogens is 1. The lowest BCUT2D eigenvalue weighted by Crippen LogP contribution is -2.45. The van der Waals surface area contributed by atoms with Crippen molar-refractivity contribution in [3.05, 3.63) is 29.6 Å². The number of rotatable bonds is 4. The van der Waals surface area contributed by atoms with Crippen LogP contribution in [0.15, 0.2) is 18.3 Å². The molecule has 1 saturated carbocycles. The first-order chi connectivity index (χ1) is 9.43. The number of amides is 1. The van der Waals surface area contributed by atoms with Crippen molar-refractivity contribution in [1.82, 2.24) is 9.88 Å². The first-order valence-corrected chi connectivity index (χ1v) is 6.38. The number of carbonyl (C=O) groups excluding carboxylic acids is 1. The first-order valence-electron chi connectivity index (χ1n) is 6.38. The Kier molecular flexibility index (Phi) is 4.27. The van der Waals surface area contributed by atoms with Crippen LogP contribution in [0.4, 0.5) is 13.2 Å². The molecule has 0 unspecified atom stereocenters. The van der Waals surface area contributed by atoms with Crippen molar-refractivity contribution < 1.29 is 23.1 Å². The molecule has 2 rings (SSSR count). The highest BCUT2D eigenvalue weighted by molar-refractivity contribution is 5.94. The topological polar surface area (TPSA) is 53.4 Å². The van der Waals surface area contributed by atoms with Gasteiger partial charge in [-0.05, 0) is 31.4 Å². The standard InChI is InChI=1S/C13H15F3N2O2/c14-13(15,16)11-5-4-9(8-17-11)12(20)18(6-7-19)10-2-1-3-10/h4-5,8,10,19H,1-3,6-7H2. The van der Waals surface area contributed by atoms with Crippen molar-refractivity contribution in [2.45, 2.75) is 31.5 Å². The summed E-state index contributed by atoms with van der Waals surface area (Å²) < 4.78 is 37.2. The third-order valence-electron chi connectivity index (χ3n) is 3.42. The van der Waals surface area contributed by atoms with Crippen LogP contribution in [0.5, 0.6) is 0 Å². The lowest BCUT2D eigenvalue weighted by Gasteiger charge is -2.37. The van der Waals surface area contributed by atoms with Crippen molar-refractivity contribution in [3.8, 4) is 0 Å². The highest BCUT2D eigenvalue weighted by Crippen LogP contribution is 2.28. The van der Waals surface area contributed by atoms with Gasteiger partial charge in [0, 0.05) is 18.8 Å². The minimum Gasteiger partial charge on any atom is -0.395 e. The molecule has 1 fully saturated rings. The zero-order valence-corrected chi connectivity index (χ0v) is 10.7. The van der Waals surface area contributed by atoms with E-state index in [9.17, 15) is 18.0 Å². The van der Waals surface area contributed by atoms with Crippen molar-refractivity contribution in [3.63, 3.8) is 0 Å². The number of nitrogens with zero attached hydrogens (tertiary/aromatic N) is 2. The zero-order chi connectivity index (χ0) is 14.8. The molecular formula is C13H15F3N2O2. The highest BCUT2D eigenvalue weighted by Gasteiger charge is 2.33. The van der Waals surface area contributed by atoms with Crippen LogP contribution in [0, 0.1) is 0 Å². The Bertz CT molecular complexity index is 469. The van der Waals surface area contributed by atoms with Gasteiger partial charge in [0.15, 0.2) is 0 Å². The predicted octanol–water partition coefficient (Wildman–Crippen LogP) is 2.09. The summed E-state index contributed by atoms with van der Waals surface area (Å²) in [6, 6.07) is 1.99. The Hall–Kier alpha value is -1.63. The maximum Gasteiger partial charge on any atom is 0.433 e. The number of aliphatic hydroxyl groups is 1. The summed E-state index contributed by atoms with van der Waals surface area (Å²) in [5, 5.41) is 8.99. The number of hydrogen-bond acceptors (Lipinski definition) is 3. The first kappa shape index (κ1) is 14.8. The summed E-state index contributed by atoms with van der Waals surface area (Å²) in [5.74, 6) is -0.384. The Morgan fingerprint density at radius 1 is 1.40 bits per heavy atom. The summed E-state index contributed by atoms with van der Waals surface area (Å²) in [6.45, 7) is 0.0147. The van der Waals surface area contributed by atoms with Crippen molar-refractivity contribution in [1.29, 1.82) is 0 Å². The van der Waals surface area contributed by atoms with E-state index < -0.39 is 11.9 Å². The Labute approximate surface area is 114 Å². The van der Waals surface area contributed by atoms with Gasteiger partial charge in [0.25, 0.3) is 5.91 Å². The highest BCUT2D eigenvalue weighted by atomic mass is 19.4. The quantitative estimate of drug-likeness (QED) is 0.923. The summed E-state index contributed by atoms with van der Waals surface area (Å²) >= 11 is 0. The van der Waals surface area contributed by atoms with Gasteiger partial charge in [0.05, 0.1) is 12.2 Å². The zero-order valence-electron chi connectivity index (χ0n) is 10.7. The molecule has 20 heavy (non-hydrogen) atoms. The fraction of sp³-hybridized carbons (Fsp3) is 0.538. The average molecular weight is 288 g/mol. The van der Waals surface area contributed by atoms with E-state index in [4.69, 9.17) is 5.11 Å². The van der Waals surface area contributed by atoms with Gasteiger partial charge in [0.2, 0.25) is 0 Å². The van der Waals surface area contributed by atoms with E-state index in [0.717, 1.165) is 37.6 Å². The van der Waals surface area contributed by atoms with Crippen molar-refractivity contribution in [2.75, 3.05) is 13.2 Å². The molecule has 1 aliphatic carbocycles. The van der Waals surface area contributed by atoms with Gasteiger partial charge in [-0.15, -0.1) is 0 Å². The third-order valence-corrected chi connectivity index (χ3v) is 3.42. The molecule has 1 aromatic rings.